The maximum atomic E-state index is 12.0. The van der Waals surface area contributed by atoms with Gasteiger partial charge in [-0.15, -0.1) is 0 Å². The minimum Gasteiger partial charge on any atom is -0.480 e. The third kappa shape index (κ3) is 4.25. The predicted molar refractivity (Wildman–Crippen MR) is 73.2 cm³/mol. The monoisotopic (exact) mass is 296 g/mol. The van der Waals surface area contributed by atoms with Gasteiger partial charge in [0.25, 0.3) is 11.6 Å². The summed E-state index contributed by atoms with van der Waals surface area (Å²) in [5.41, 5.74) is 0.369. The van der Waals surface area contributed by atoms with Crippen molar-refractivity contribution in [2.45, 2.75) is 19.4 Å². The highest BCUT2D eigenvalue weighted by Crippen LogP contribution is 2.20. The van der Waals surface area contributed by atoms with Crippen molar-refractivity contribution in [1.82, 2.24) is 5.32 Å². The van der Waals surface area contributed by atoms with Crippen molar-refractivity contribution in [3.63, 3.8) is 0 Å². The van der Waals surface area contributed by atoms with E-state index in [0.29, 0.717) is 12.0 Å². The number of nitrogens with one attached hydrogen (secondary N) is 1. The standard InChI is InChI=1S/C13H16N2O6/c1-3-8-4-5-9(6-11(8)15(19)20)12(16)14-10(7-21-2)13(17)18/h4-6,10H,3,7H2,1-2H3,(H,14,16)(H,17,18). The van der Waals surface area contributed by atoms with Crippen molar-refractivity contribution in [3.8, 4) is 0 Å². The van der Waals surface area contributed by atoms with E-state index < -0.39 is 22.8 Å². The number of aliphatic carboxylic acids is 1. The number of rotatable bonds is 7. The third-order valence-electron chi connectivity index (χ3n) is 2.86. The molecule has 1 unspecified atom stereocenters. The number of benzene rings is 1. The molecule has 8 nitrogen and oxygen atoms in total. The molecule has 0 bridgehead atoms. The molecular formula is C13H16N2O6. The summed E-state index contributed by atoms with van der Waals surface area (Å²) in [6, 6.07) is 2.83. The number of hydrogen-bond donors (Lipinski definition) is 2. The van der Waals surface area contributed by atoms with Gasteiger partial charge < -0.3 is 15.2 Å². The molecule has 8 heteroatoms. The van der Waals surface area contributed by atoms with Gasteiger partial charge in [0.2, 0.25) is 0 Å². The first-order valence-corrected chi connectivity index (χ1v) is 6.20. The summed E-state index contributed by atoms with van der Waals surface area (Å²) in [6.07, 6.45) is 0.458. The zero-order chi connectivity index (χ0) is 16.0. The zero-order valence-corrected chi connectivity index (χ0v) is 11.7. The molecule has 0 radical (unpaired) electrons. The number of carbonyl (C=O) groups is 2. The van der Waals surface area contributed by atoms with E-state index in [9.17, 15) is 19.7 Å². The lowest BCUT2D eigenvalue weighted by molar-refractivity contribution is -0.385. The Hall–Kier alpha value is -2.48. The maximum absolute atomic E-state index is 12.0. The van der Waals surface area contributed by atoms with Crippen LogP contribution in [0.25, 0.3) is 0 Å². The number of ether oxygens (including phenoxy) is 1. The van der Waals surface area contributed by atoms with E-state index in [1.165, 1.54) is 19.2 Å². The molecule has 0 heterocycles. The molecule has 0 fully saturated rings. The topological polar surface area (TPSA) is 119 Å². The van der Waals surface area contributed by atoms with Crippen LogP contribution in [0.3, 0.4) is 0 Å². The highest BCUT2D eigenvalue weighted by Gasteiger charge is 2.22. The van der Waals surface area contributed by atoms with Gasteiger partial charge in [-0.05, 0) is 12.5 Å². The number of carboxylic acids is 1. The number of carbonyl (C=O) groups excluding carboxylic acids is 1. The van der Waals surface area contributed by atoms with Crippen molar-refractivity contribution in [1.29, 1.82) is 0 Å². The molecule has 1 aromatic rings. The largest absolute Gasteiger partial charge is 0.480 e. The minimum absolute atomic E-state index is 0.0289. The molecule has 0 saturated carbocycles. The van der Waals surface area contributed by atoms with E-state index in [1.807, 2.05) is 0 Å². The first-order chi connectivity index (χ1) is 9.90. The maximum Gasteiger partial charge on any atom is 0.328 e. The van der Waals surface area contributed by atoms with Gasteiger partial charge in [0.1, 0.15) is 0 Å². The fourth-order valence-electron chi connectivity index (χ4n) is 1.76. The minimum atomic E-state index is -1.25. The molecule has 1 aromatic carbocycles. The Balaban J connectivity index is 2.99. The van der Waals surface area contributed by atoms with Crippen molar-refractivity contribution < 1.29 is 24.4 Å². The summed E-state index contributed by atoms with van der Waals surface area (Å²) >= 11 is 0. The lowest BCUT2D eigenvalue weighted by atomic mass is 10.1. The fourth-order valence-corrected chi connectivity index (χ4v) is 1.76. The van der Waals surface area contributed by atoms with Gasteiger partial charge in [-0.3, -0.25) is 14.9 Å². The fraction of sp³-hybridized carbons (Fsp3) is 0.385. The molecule has 1 amide bonds. The number of amides is 1. The molecular weight excluding hydrogens is 280 g/mol. The lowest BCUT2D eigenvalue weighted by Gasteiger charge is -2.13. The Morgan fingerprint density at radius 2 is 2.14 bits per heavy atom. The number of methoxy groups -OCH3 is 1. The Bertz CT molecular complexity index is 558. The van der Waals surface area contributed by atoms with Crippen LogP contribution in [0, 0.1) is 10.1 Å². The summed E-state index contributed by atoms with van der Waals surface area (Å²) in [6.45, 7) is 1.57. The predicted octanol–water partition coefficient (Wildman–Crippen LogP) is 0.987. The smallest absolute Gasteiger partial charge is 0.328 e. The van der Waals surface area contributed by atoms with Gasteiger partial charge in [-0.25, -0.2) is 4.79 Å². The first-order valence-electron chi connectivity index (χ1n) is 6.20. The number of hydrogen-bond acceptors (Lipinski definition) is 5. The molecule has 0 aliphatic carbocycles. The van der Waals surface area contributed by atoms with Crippen LogP contribution in [-0.4, -0.2) is 41.7 Å². The second-order valence-electron chi connectivity index (χ2n) is 4.27. The lowest BCUT2D eigenvalue weighted by Crippen LogP contribution is -2.43. The number of nitro benzene ring substituents is 1. The Morgan fingerprint density at radius 1 is 1.48 bits per heavy atom. The SMILES string of the molecule is CCc1ccc(C(=O)NC(COC)C(=O)O)cc1[N+](=O)[O-]. The van der Waals surface area contributed by atoms with Crippen LogP contribution in [0.15, 0.2) is 18.2 Å². The summed E-state index contributed by atoms with van der Waals surface area (Å²) in [5.74, 6) is -1.95. The molecule has 0 aromatic heterocycles. The normalized spacial score (nSPS) is 11.7. The summed E-state index contributed by atoms with van der Waals surface area (Å²) < 4.78 is 4.70. The number of carboxylic acid groups (broad SMARTS) is 1. The van der Waals surface area contributed by atoms with Crippen LogP contribution in [-0.2, 0) is 16.0 Å². The summed E-state index contributed by atoms with van der Waals surface area (Å²) in [5, 5.41) is 22.1. The summed E-state index contributed by atoms with van der Waals surface area (Å²) in [4.78, 5) is 33.3. The van der Waals surface area contributed by atoms with Gasteiger partial charge in [0.05, 0.1) is 11.5 Å². The second kappa shape index (κ2) is 7.34. The van der Waals surface area contributed by atoms with Crippen LogP contribution < -0.4 is 5.32 Å². The first kappa shape index (κ1) is 16.6. The van der Waals surface area contributed by atoms with E-state index in [2.05, 4.69) is 5.32 Å². The van der Waals surface area contributed by atoms with Gasteiger partial charge in [-0.1, -0.05) is 13.0 Å². The quantitative estimate of drug-likeness (QED) is 0.572. The van der Waals surface area contributed by atoms with E-state index >= 15 is 0 Å². The average molecular weight is 296 g/mol. The molecule has 0 spiro atoms. The Kier molecular flexibility index (Phi) is 5.79. The van der Waals surface area contributed by atoms with Gasteiger partial charge in [0, 0.05) is 24.3 Å². The van der Waals surface area contributed by atoms with Crippen molar-refractivity contribution >= 4 is 17.6 Å². The molecule has 114 valence electrons. The molecule has 1 rings (SSSR count). The molecule has 1 atom stereocenters. The van der Waals surface area contributed by atoms with Crippen LogP contribution in [0.2, 0.25) is 0 Å². The molecule has 21 heavy (non-hydrogen) atoms. The number of nitro groups is 1. The van der Waals surface area contributed by atoms with Crippen LogP contribution in [0.5, 0.6) is 0 Å². The number of aryl methyl sites for hydroxylation is 1. The molecule has 0 saturated heterocycles. The van der Waals surface area contributed by atoms with Crippen molar-refractivity contribution in [3.05, 3.63) is 39.4 Å². The van der Waals surface area contributed by atoms with Crippen LogP contribution in [0.4, 0.5) is 5.69 Å². The van der Waals surface area contributed by atoms with Crippen molar-refractivity contribution in [2.24, 2.45) is 0 Å². The van der Waals surface area contributed by atoms with Gasteiger partial charge >= 0.3 is 5.97 Å². The van der Waals surface area contributed by atoms with Gasteiger partial charge in [0.15, 0.2) is 6.04 Å². The highest BCUT2D eigenvalue weighted by molar-refractivity contribution is 5.97. The van der Waals surface area contributed by atoms with Crippen LogP contribution in [0.1, 0.15) is 22.8 Å². The zero-order valence-electron chi connectivity index (χ0n) is 11.7. The number of nitrogens with zero attached hydrogens (tertiary/aromatic N) is 1. The highest BCUT2D eigenvalue weighted by atomic mass is 16.6. The van der Waals surface area contributed by atoms with E-state index in [-0.39, 0.29) is 17.9 Å². The molecule has 0 aliphatic heterocycles. The third-order valence-corrected chi connectivity index (χ3v) is 2.86. The molecule has 2 N–H and O–H groups in total. The van der Waals surface area contributed by atoms with Crippen molar-refractivity contribution in [2.75, 3.05) is 13.7 Å². The van der Waals surface area contributed by atoms with E-state index in [4.69, 9.17) is 9.84 Å². The van der Waals surface area contributed by atoms with Crippen LogP contribution >= 0.6 is 0 Å². The molecule has 0 aliphatic rings. The summed E-state index contributed by atoms with van der Waals surface area (Å²) in [7, 11) is 1.31. The Morgan fingerprint density at radius 3 is 2.62 bits per heavy atom. The Labute approximate surface area is 120 Å². The van der Waals surface area contributed by atoms with E-state index in [0.717, 1.165) is 6.07 Å². The average Bonchev–Trinajstić information content (AvgIpc) is 2.45. The second-order valence-corrected chi connectivity index (χ2v) is 4.27. The van der Waals surface area contributed by atoms with Gasteiger partial charge in [-0.2, -0.15) is 0 Å². The van der Waals surface area contributed by atoms with E-state index in [1.54, 1.807) is 6.92 Å².